The van der Waals surface area contributed by atoms with E-state index in [-0.39, 0.29) is 11.7 Å². The van der Waals surface area contributed by atoms with Crippen LogP contribution < -0.4 is 5.32 Å². The molecule has 1 aromatic carbocycles. The van der Waals surface area contributed by atoms with E-state index in [0.717, 1.165) is 0 Å². The number of anilines is 1. The van der Waals surface area contributed by atoms with E-state index < -0.39 is 17.5 Å². The molecule has 1 aromatic heterocycles. The number of ketones is 1. The molecular weight excluding hydrogens is 346 g/mol. The number of aromatic nitrogens is 2. The van der Waals surface area contributed by atoms with Crippen molar-refractivity contribution in [3.63, 3.8) is 0 Å². The minimum absolute atomic E-state index is 0.115. The van der Waals surface area contributed by atoms with Crippen molar-refractivity contribution in [2.45, 2.75) is 40.7 Å². The topological polar surface area (TPSA) is 90.3 Å². The van der Waals surface area contributed by atoms with Crippen LogP contribution in [-0.4, -0.2) is 33.5 Å². The molecule has 0 spiro atoms. The first-order valence-electron chi connectivity index (χ1n) is 8.66. The quantitative estimate of drug-likeness (QED) is 0.644. The molecule has 1 N–H and O–H groups in total. The Morgan fingerprint density at radius 3 is 2.22 bits per heavy atom. The Morgan fingerprint density at radius 2 is 1.74 bits per heavy atom. The average Bonchev–Trinajstić information content (AvgIpc) is 2.93. The summed E-state index contributed by atoms with van der Waals surface area (Å²) in [5, 5.41) is 6.79. The Morgan fingerprint density at radius 1 is 1.15 bits per heavy atom. The Hall–Kier alpha value is -2.96. The van der Waals surface area contributed by atoms with Crippen LogP contribution in [0.2, 0.25) is 0 Å². The zero-order chi connectivity index (χ0) is 20.4. The van der Waals surface area contributed by atoms with Crippen LogP contribution in [0.3, 0.4) is 0 Å². The zero-order valence-corrected chi connectivity index (χ0v) is 16.5. The van der Waals surface area contributed by atoms with Gasteiger partial charge in [-0.1, -0.05) is 20.8 Å². The molecule has 1 amide bonds. The van der Waals surface area contributed by atoms with Crippen LogP contribution in [0.25, 0.3) is 0 Å². The van der Waals surface area contributed by atoms with E-state index in [0.29, 0.717) is 22.5 Å². The van der Waals surface area contributed by atoms with Crippen LogP contribution in [0.5, 0.6) is 0 Å². The van der Waals surface area contributed by atoms with Crippen molar-refractivity contribution < 1.29 is 19.1 Å². The summed E-state index contributed by atoms with van der Waals surface area (Å²) in [6.07, 6.45) is 0.480. The number of esters is 1. The van der Waals surface area contributed by atoms with Gasteiger partial charge in [0.2, 0.25) is 11.7 Å². The molecule has 0 fully saturated rings. The molecule has 2 aromatic rings. The summed E-state index contributed by atoms with van der Waals surface area (Å²) in [6.45, 7) is 8.74. The minimum Gasteiger partial charge on any atom is -0.451 e. The summed E-state index contributed by atoms with van der Waals surface area (Å²) in [5.41, 5.74) is 1.48. The second kappa shape index (κ2) is 7.73. The molecule has 0 aliphatic rings. The number of hydrogen-bond acceptors (Lipinski definition) is 5. The maximum absolute atomic E-state index is 12.5. The molecule has 0 aliphatic carbocycles. The number of benzene rings is 1. The van der Waals surface area contributed by atoms with Gasteiger partial charge in [-0.05, 0) is 38.1 Å². The summed E-state index contributed by atoms with van der Waals surface area (Å²) >= 11 is 0. The molecule has 2 rings (SSSR count). The third kappa shape index (κ3) is 4.81. The van der Waals surface area contributed by atoms with Crippen molar-refractivity contribution in [3.05, 3.63) is 47.3 Å². The van der Waals surface area contributed by atoms with Gasteiger partial charge in [0.1, 0.15) is 5.56 Å². The predicted molar refractivity (Wildman–Crippen MR) is 102 cm³/mol. The number of amides is 1. The van der Waals surface area contributed by atoms with Crippen LogP contribution >= 0.6 is 0 Å². The van der Waals surface area contributed by atoms with Crippen LogP contribution in [0, 0.1) is 12.3 Å². The highest BCUT2D eigenvalue weighted by Crippen LogP contribution is 2.19. The number of carbonyl (C=O) groups is 3. The lowest BCUT2D eigenvalue weighted by atomic mass is 9.95. The van der Waals surface area contributed by atoms with Crippen molar-refractivity contribution >= 4 is 23.3 Å². The third-order valence-corrected chi connectivity index (χ3v) is 4.22. The van der Waals surface area contributed by atoms with Crippen molar-refractivity contribution in [3.8, 4) is 0 Å². The van der Waals surface area contributed by atoms with Gasteiger partial charge in [-0.2, -0.15) is 5.10 Å². The zero-order valence-electron chi connectivity index (χ0n) is 16.5. The monoisotopic (exact) mass is 371 g/mol. The van der Waals surface area contributed by atoms with Crippen molar-refractivity contribution in [1.29, 1.82) is 0 Å². The lowest BCUT2D eigenvalue weighted by Gasteiger charge is -2.18. The molecular formula is C20H25N3O4. The van der Waals surface area contributed by atoms with Crippen molar-refractivity contribution in [1.82, 2.24) is 9.78 Å². The first kappa shape index (κ1) is 20.4. The van der Waals surface area contributed by atoms with E-state index in [2.05, 4.69) is 10.4 Å². The summed E-state index contributed by atoms with van der Waals surface area (Å²) in [5.74, 6) is -1.02. The maximum atomic E-state index is 12.5. The van der Waals surface area contributed by atoms with Gasteiger partial charge in [-0.25, -0.2) is 4.79 Å². The van der Waals surface area contributed by atoms with Crippen LogP contribution in [0.4, 0.5) is 5.69 Å². The molecule has 0 bridgehead atoms. The molecule has 1 atom stereocenters. The third-order valence-electron chi connectivity index (χ3n) is 4.22. The fraction of sp³-hybridized carbons (Fsp3) is 0.400. The summed E-state index contributed by atoms with van der Waals surface area (Å²) in [6, 6.07) is 6.49. The van der Waals surface area contributed by atoms with Gasteiger partial charge in [0.25, 0.3) is 0 Å². The maximum Gasteiger partial charge on any atom is 0.342 e. The van der Waals surface area contributed by atoms with Gasteiger partial charge >= 0.3 is 5.97 Å². The number of carbonyl (C=O) groups excluding carboxylic acids is 3. The molecule has 0 saturated heterocycles. The fourth-order valence-corrected chi connectivity index (χ4v) is 2.25. The molecule has 144 valence electrons. The van der Waals surface area contributed by atoms with Crippen LogP contribution in [0.1, 0.15) is 54.1 Å². The highest BCUT2D eigenvalue weighted by atomic mass is 16.5. The molecule has 0 radical (unpaired) electrons. The first-order valence-corrected chi connectivity index (χ1v) is 8.66. The van der Waals surface area contributed by atoms with Gasteiger partial charge in [-0.3, -0.25) is 14.3 Å². The summed E-state index contributed by atoms with van der Waals surface area (Å²) in [4.78, 5) is 36.7. The van der Waals surface area contributed by atoms with Gasteiger partial charge in [-0.15, -0.1) is 0 Å². The lowest BCUT2D eigenvalue weighted by molar-refractivity contribution is -0.123. The fourth-order valence-electron chi connectivity index (χ4n) is 2.25. The Kier molecular flexibility index (Phi) is 5.83. The minimum atomic E-state index is -0.938. The van der Waals surface area contributed by atoms with E-state index in [1.165, 1.54) is 13.1 Å². The Bertz CT molecular complexity index is 860. The normalized spacial score (nSPS) is 12.4. The van der Waals surface area contributed by atoms with Gasteiger partial charge in [0.05, 0.1) is 6.20 Å². The number of nitrogens with zero attached hydrogens (tertiary/aromatic N) is 2. The molecule has 7 nitrogen and oxygen atoms in total. The second-order valence-corrected chi connectivity index (χ2v) is 7.46. The smallest absolute Gasteiger partial charge is 0.342 e. The Balaban J connectivity index is 2.03. The highest BCUT2D eigenvalue weighted by molar-refractivity contribution is 6.02. The van der Waals surface area contributed by atoms with Crippen LogP contribution in [-0.2, 0) is 16.6 Å². The van der Waals surface area contributed by atoms with Gasteiger partial charge < -0.3 is 10.1 Å². The number of ether oxygens (including phenoxy) is 1. The SMILES string of the molecule is Cc1c(C(=O)O[C@@H](C)C(=O)c2ccc(NC(=O)C(C)(C)C)cc2)cnn1C. The van der Waals surface area contributed by atoms with E-state index in [9.17, 15) is 14.4 Å². The van der Waals surface area contributed by atoms with E-state index >= 15 is 0 Å². The largest absolute Gasteiger partial charge is 0.451 e. The summed E-state index contributed by atoms with van der Waals surface area (Å²) in [7, 11) is 1.72. The lowest BCUT2D eigenvalue weighted by Crippen LogP contribution is -2.27. The van der Waals surface area contributed by atoms with E-state index in [1.54, 1.807) is 42.9 Å². The molecule has 7 heteroatoms. The number of Topliss-reactive ketones (excluding diaryl/α,β-unsaturated/α-hetero) is 1. The molecule has 0 saturated carbocycles. The van der Waals surface area contributed by atoms with Gasteiger partial charge in [0.15, 0.2) is 6.10 Å². The number of nitrogens with one attached hydrogen (secondary N) is 1. The number of rotatable bonds is 5. The highest BCUT2D eigenvalue weighted by Gasteiger charge is 2.24. The van der Waals surface area contributed by atoms with Crippen LogP contribution in [0.15, 0.2) is 30.5 Å². The van der Waals surface area contributed by atoms with E-state index in [4.69, 9.17) is 4.74 Å². The molecule has 27 heavy (non-hydrogen) atoms. The first-order chi connectivity index (χ1) is 12.5. The van der Waals surface area contributed by atoms with Crippen molar-refractivity contribution in [2.75, 3.05) is 5.32 Å². The van der Waals surface area contributed by atoms with Gasteiger partial charge in [0, 0.05) is 29.4 Å². The molecule has 1 heterocycles. The van der Waals surface area contributed by atoms with E-state index in [1.807, 2.05) is 20.8 Å². The second-order valence-electron chi connectivity index (χ2n) is 7.46. The van der Waals surface area contributed by atoms with Crippen molar-refractivity contribution in [2.24, 2.45) is 12.5 Å². The average molecular weight is 371 g/mol. The number of hydrogen-bond donors (Lipinski definition) is 1. The molecule has 0 aliphatic heterocycles. The standard InChI is InChI=1S/C20H25N3O4/c1-12-16(11-21-23(12)6)18(25)27-13(2)17(24)14-7-9-15(10-8-14)22-19(26)20(3,4)5/h7-11,13H,1-6H3,(H,22,26)/t13-/m0/s1. The number of aryl methyl sites for hydroxylation is 1. The Labute approximate surface area is 158 Å². The summed E-state index contributed by atoms with van der Waals surface area (Å²) < 4.78 is 6.84. The molecule has 0 unspecified atom stereocenters. The predicted octanol–water partition coefficient (Wildman–Crippen LogP) is 3.14.